The van der Waals surface area contributed by atoms with Gasteiger partial charge in [-0.15, -0.1) is 0 Å². The number of methoxy groups -OCH3 is 1. The summed E-state index contributed by atoms with van der Waals surface area (Å²) in [5.74, 6) is -0.628. The van der Waals surface area contributed by atoms with Crippen molar-refractivity contribution in [3.05, 3.63) is 23.0 Å². The molecule has 0 saturated carbocycles. The normalized spacial score (nSPS) is 12.3. The van der Waals surface area contributed by atoms with Crippen molar-refractivity contribution in [3.63, 3.8) is 0 Å². The van der Waals surface area contributed by atoms with Gasteiger partial charge < -0.3 is 15.6 Å². The summed E-state index contributed by atoms with van der Waals surface area (Å²) in [4.78, 5) is 15.0. The van der Waals surface area contributed by atoms with E-state index in [9.17, 15) is 4.79 Å². The van der Waals surface area contributed by atoms with Crippen LogP contribution in [0.3, 0.4) is 0 Å². The number of carboxylic acid groups (broad SMARTS) is 1. The van der Waals surface area contributed by atoms with Gasteiger partial charge in [0.15, 0.2) is 0 Å². The van der Waals surface area contributed by atoms with E-state index in [0.29, 0.717) is 17.0 Å². The van der Waals surface area contributed by atoms with E-state index in [1.165, 1.54) is 7.11 Å². The lowest BCUT2D eigenvalue weighted by molar-refractivity contribution is -0.138. The van der Waals surface area contributed by atoms with Crippen LogP contribution in [0.25, 0.3) is 0 Å². The third kappa shape index (κ3) is 2.24. The molecule has 0 saturated heterocycles. The third-order valence-corrected chi connectivity index (χ3v) is 2.14. The van der Waals surface area contributed by atoms with Gasteiger partial charge in [0.2, 0.25) is 0 Å². The van der Waals surface area contributed by atoms with Gasteiger partial charge in [0.05, 0.1) is 7.11 Å². The summed E-state index contributed by atoms with van der Waals surface area (Å²) in [6.45, 7) is 3.53. The highest BCUT2D eigenvalue weighted by atomic mass is 16.5. The van der Waals surface area contributed by atoms with Crippen LogP contribution >= 0.6 is 0 Å². The van der Waals surface area contributed by atoms with E-state index in [-0.39, 0.29) is 0 Å². The summed E-state index contributed by atoms with van der Waals surface area (Å²) in [6, 6.07) is 0.568. The Morgan fingerprint density at radius 1 is 1.60 bits per heavy atom. The second-order valence-corrected chi connectivity index (χ2v) is 3.28. The summed E-state index contributed by atoms with van der Waals surface area (Å²) >= 11 is 0. The molecule has 1 rings (SSSR count). The Balaban J connectivity index is 3.32. The second kappa shape index (κ2) is 4.27. The first kappa shape index (κ1) is 11.5. The monoisotopic (exact) mass is 210 g/mol. The van der Waals surface area contributed by atoms with E-state index in [4.69, 9.17) is 15.6 Å². The molecule has 5 nitrogen and oxygen atoms in total. The maximum absolute atomic E-state index is 10.8. The van der Waals surface area contributed by atoms with Crippen LogP contribution in [0.2, 0.25) is 0 Å². The average Bonchev–Trinajstić information content (AvgIpc) is 2.15. The van der Waals surface area contributed by atoms with Gasteiger partial charge in [-0.25, -0.2) is 0 Å². The molecule has 1 atom stereocenters. The van der Waals surface area contributed by atoms with E-state index in [0.717, 1.165) is 5.69 Å². The lowest BCUT2D eigenvalue weighted by Gasteiger charge is -2.15. The minimum absolute atomic E-state index is 0.426. The number of hydrogen-bond acceptors (Lipinski definition) is 4. The summed E-state index contributed by atoms with van der Waals surface area (Å²) in [5.41, 5.74) is 7.33. The molecule has 0 fully saturated rings. The van der Waals surface area contributed by atoms with Crippen molar-refractivity contribution in [3.8, 4) is 5.75 Å². The quantitative estimate of drug-likeness (QED) is 0.770. The molecule has 0 radical (unpaired) electrons. The molecule has 0 amide bonds. The van der Waals surface area contributed by atoms with Crippen LogP contribution in [-0.2, 0) is 4.79 Å². The SMILES string of the molecule is COc1cc(C)nc(C)c1C(N)C(=O)O. The topological polar surface area (TPSA) is 85.4 Å². The zero-order valence-electron chi connectivity index (χ0n) is 8.94. The third-order valence-electron chi connectivity index (χ3n) is 2.14. The molecule has 3 N–H and O–H groups in total. The number of pyridine rings is 1. The van der Waals surface area contributed by atoms with Crippen LogP contribution < -0.4 is 10.5 Å². The van der Waals surface area contributed by atoms with E-state index in [1.54, 1.807) is 13.0 Å². The van der Waals surface area contributed by atoms with E-state index in [1.807, 2.05) is 6.92 Å². The Bertz CT molecular complexity index is 390. The summed E-state index contributed by atoms with van der Waals surface area (Å²) in [6.07, 6.45) is 0. The summed E-state index contributed by atoms with van der Waals surface area (Å²) < 4.78 is 5.09. The van der Waals surface area contributed by atoms with Crippen LogP contribution in [0.15, 0.2) is 6.07 Å². The van der Waals surface area contributed by atoms with Crippen LogP contribution in [0.1, 0.15) is 23.0 Å². The minimum Gasteiger partial charge on any atom is -0.496 e. The number of carbonyl (C=O) groups is 1. The Morgan fingerprint density at radius 3 is 2.67 bits per heavy atom. The molecule has 0 aliphatic rings. The molecule has 15 heavy (non-hydrogen) atoms. The molecule has 5 heteroatoms. The zero-order valence-corrected chi connectivity index (χ0v) is 8.94. The Labute approximate surface area is 87.9 Å². The van der Waals surface area contributed by atoms with Crippen LogP contribution in [0.5, 0.6) is 5.75 Å². The number of ether oxygens (including phenoxy) is 1. The first-order chi connectivity index (χ1) is 6.97. The van der Waals surface area contributed by atoms with Crippen molar-refractivity contribution < 1.29 is 14.6 Å². The fraction of sp³-hybridized carbons (Fsp3) is 0.400. The van der Waals surface area contributed by atoms with Gasteiger partial charge in [0.1, 0.15) is 11.8 Å². The lowest BCUT2D eigenvalue weighted by Crippen LogP contribution is -2.23. The van der Waals surface area contributed by atoms with Gasteiger partial charge in [0, 0.05) is 23.0 Å². The van der Waals surface area contributed by atoms with Crippen molar-refractivity contribution in [2.75, 3.05) is 7.11 Å². The van der Waals surface area contributed by atoms with Crippen molar-refractivity contribution in [2.45, 2.75) is 19.9 Å². The zero-order chi connectivity index (χ0) is 11.6. The van der Waals surface area contributed by atoms with Crippen LogP contribution in [0.4, 0.5) is 0 Å². The number of aromatic nitrogens is 1. The van der Waals surface area contributed by atoms with Crippen molar-refractivity contribution in [1.82, 2.24) is 4.98 Å². The van der Waals surface area contributed by atoms with Gasteiger partial charge in [-0.2, -0.15) is 0 Å². The van der Waals surface area contributed by atoms with Crippen molar-refractivity contribution in [1.29, 1.82) is 0 Å². The minimum atomic E-state index is -1.10. The van der Waals surface area contributed by atoms with Crippen LogP contribution in [-0.4, -0.2) is 23.2 Å². The second-order valence-electron chi connectivity index (χ2n) is 3.28. The Kier molecular flexibility index (Phi) is 3.26. The number of hydrogen-bond donors (Lipinski definition) is 2. The molecule has 0 aliphatic heterocycles. The first-order valence-corrected chi connectivity index (χ1v) is 4.48. The molecule has 1 unspecified atom stereocenters. The number of nitrogens with zero attached hydrogens (tertiary/aromatic N) is 1. The molecular weight excluding hydrogens is 196 g/mol. The molecule has 0 aromatic carbocycles. The molecule has 0 aliphatic carbocycles. The molecule has 1 aromatic heterocycles. The van der Waals surface area contributed by atoms with Gasteiger partial charge in [-0.05, 0) is 13.8 Å². The van der Waals surface area contributed by atoms with E-state index >= 15 is 0 Å². The Hall–Kier alpha value is -1.62. The largest absolute Gasteiger partial charge is 0.496 e. The standard InChI is InChI=1S/C10H14N2O3/c1-5-4-7(15-3)8(6(2)12-5)9(11)10(13)14/h4,9H,11H2,1-3H3,(H,13,14). The molecule has 1 aromatic rings. The fourth-order valence-corrected chi connectivity index (χ4v) is 1.47. The Morgan fingerprint density at radius 2 is 2.20 bits per heavy atom. The highest BCUT2D eigenvalue weighted by Crippen LogP contribution is 2.27. The smallest absolute Gasteiger partial charge is 0.325 e. The average molecular weight is 210 g/mol. The number of aryl methyl sites for hydroxylation is 2. The summed E-state index contributed by atoms with van der Waals surface area (Å²) in [5, 5.41) is 8.84. The molecular formula is C10H14N2O3. The first-order valence-electron chi connectivity index (χ1n) is 4.48. The maximum atomic E-state index is 10.8. The molecule has 0 bridgehead atoms. The maximum Gasteiger partial charge on any atom is 0.325 e. The van der Waals surface area contributed by atoms with Gasteiger partial charge in [-0.3, -0.25) is 9.78 Å². The number of carboxylic acids is 1. The van der Waals surface area contributed by atoms with E-state index in [2.05, 4.69) is 4.98 Å². The lowest BCUT2D eigenvalue weighted by atomic mass is 10.0. The molecule has 82 valence electrons. The molecule has 1 heterocycles. The van der Waals surface area contributed by atoms with Crippen molar-refractivity contribution >= 4 is 5.97 Å². The molecule has 0 spiro atoms. The van der Waals surface area contributed by atoms with Crippen LogP contribution in [0, 0.1) is 13.8 Å². The van der Waals surface area contributed by atoms with Gasteiger partial charge >= 0.3 is 5.97 Å². The fourth-order valence-electron chi connectivity index (χ4n) is 1.47. The van der Waals surface area contributed by atoms with Gasteiger partial charge in [-0.1, -0.05) is 0 Å². The van der Waals surface area contributed by atoms with E-state index < -0.39 is 12.0 Å². The number of nitrogens with two attached hydrogens (primary N) is 1. The highest BCUT2D eigenvalue weighted by molar-refractivity contribution is 5.76. The predicted molar refractivity (Wildman–Crippen MR) is 54.8 cm³/mol. The van der Waals surface area contributed by atoms with Gasteiger partial charge in [0.25, 0.3) is 0 Å². The van der Waals surface area contributed by atoms with Crippen molar-refractivity contribution in [2.24, 2.45) is 5.73 Å². The number of rotatable bonds is 3. The highest BCUT2D eigenvalue weighted by Gasteiger charge is 2.22. The number of aliphatic carboxylic acids is 1. The summed E-state index contributed by atoms with van der Waals surface area (Å²) in [7, 11) is 1.48. The predicted octanol–water partition coefficient (Wildman–Crippen LogP) is 0.791.